The van der Waals surface area contributed by atoms with Crippen LogP contribution in [0.1, 0.15) is 136 Å². The molecule has 0 N–H and O–H groups in total. The number of nitrogens with zero attached hydrogens (tertiary/aromatic N) is 2. The van der Waals surface area contributed by atoms with Crippen LogP contribution in [0.2, 0.25) is 0 Å². The Balaban J connectivity index is 0.000000207. The van der Waals surface area contributed by atoms with Crippen LogP contribution in [0.3, 0.4) is 0 Å². The summed E-state index contributed by atoms with van der Waals surface area (Å²) in [4.78, 5) is 29.6. The molecule has 0 aromatic heterocycles. The Morgan fingerprint density at radius 1 is 0.778 bits per heavy atom. The first-order valence-electron chi connectivity index (χ1n) is 18.5. The molecule has 3 aliphatic carbocycles. The molecule has 0 aromatic carbocycles. The SMILES string of the molecule is CCCCCCCC1=C(N2CCCC2COC)C(=O)CC1.COCC1CCCN1C1=C(CC(C)C2CC=C(C)CC2)CCC1=O. The highest BCUT2D eigenvalue weighted by Gasteiger charge is 2.36. The number of hydrogen-bond donors (Lipinski definition) is 0. The largest absolute Gasteiger partial charge is 0.383 e. The van der Waals surface area contributed by atoms with Crippen LogP contribution in [0.5, 0.6) is 0 Å². The third-order valence-corrected chi connectivity index (χ3v) is 11.2. The lowest BCUT2D eigenvalue weighted by molar-refractivity contribution is -0.117. The molecule has 4 unspecified atom stereocenters. The number of rotatable bonds is 15. The molecule has 0 radical (unpaired) electrons. The van der Waals surface area contributed by atoms with Gasteiger partial charge in [0.25, 0.3) is 0 Å². The van der Waals surface area contributed by atoms with Crippen LogP contribution in [-0.2, 0) is 19.1 Å². The number of carbonyl (C=O) groups excluding carboxylic acids is 2. The lowest BCUT2D eigenvalue weighted by Crippen LogP contribution is -2.34. The van der Waals surface area contributed by atoms with E-state index in [-0.39, 0.29) is 0 Å². The van der Waals surface area contributed by atoms with Gasteiger partial charge < -0.3 is 19.3 Å². The highest BCUT2D eigenvalue weighted by atomic mass is 16.5. The molecule has 0 aromatic rings. The monoisotopic (exact) mass is 624 g/mol. The molecule has 4 atom stereocenters. The van der Waals surface area contributed by atoms with E-state index in [0.29, 0.717) is 29.6 Å². The maximum atomic E-state index is 12.6. The van der Waals surface area contributed by atoms with Crippen molar-refractivity contribution in [2.75, 3.05) is 40.5 Å². The van der Waals surface area contributed by atoms with E-state index in [1.165, 1.54) is 75.4 Å². The topological polar surface area (TPSA) is 59.1 Å². The van der Waals surface area contributed by atoms with Crippen molar-refractivity contribution in [3.63, 3.8) is 0 Å². The van der Waals surface area contributed by atoms with Crippen LogP contribution in [0, 0.1) is 11.8 Å². The number of likely N-dealkylation sites (tertiary alicyclic amines) is 2. The van der Waals surface area contributed by atoms with Crippen molar-refractivity contribution in [2.45, 2.75) is 148 Å². The van der Waals surface area contributed by atoms with E-state index in [0.717, 1.165) is 95.0 Å². The molecular weight excluding hydrogens is 560 g/mol. The molecule has 45 heavy (non-hydrogen) atoms. The first-order chi connectivity index (χ1) is 21.9. The summed E-state index contributed by atoms with van der Waals surface area (Å²) in [6.07, 6.45) is 23.1. The van der Waals surface area contributed by atoms with Gasteiger partial charge in [-0.3, -0.25) is 9.59 Å². The Morgan fingerprint density at radius 3 is 1.91 bits per heavy atom. The van der Waals surface area contributed by atoms with Crippen LogP contribution >= 0.6 is 0 Å². The van der Waals surface area contributed by atoms with Gasteiger partial charge in [0.05, 0.1) is 36.7 Å². The number of methoxy groups -OCH3 is 2. The fraction of sp³-hybridized carbons (Fsp3) is 0.795. The Morgan fingerprint density at radius 2 is 1.36 bits per heavy atom. The van der Waals surface area contributed by atoms with E-state index in [2.05, 4.69) is 36.6 Å². The number of carbonyl (C=O) groups is 2. The Hall–Kier alpha value is -1.92. The van der Waals surface area contributed by atoms with Gasteiger partial charge in [0.15, 0.2) is 11.6 Å². The fourth-order valence-corrected chi connectivity index (χ4v) is 8.56. The van der Waals surface area contributed by atoms with Gasteiger partial charge in [-0.05, 0) is 107 Å². The van der Waals surface area contributed by atoms with Crippen molar-refractivity contribution in [1.29, 1.82) is 0 Å². The number of hydrogen-bond acceptors (Lipinski definition) is 6. The average Bonchev–Trinajstić information content (AvgIpc) is 3.83. The molecule has 2 aliphatic heterocycles. The second-order valence-corrected chi connectivity index (χ2v) is 14.6. The summed E-state index contributed by atoms with van der Waals surface area (Å²) < 4.78 is 10.7. The van der Waals surface area contributed by atoms with Crippen LogP contribution in [0.25, 0.3) is 0 Å². The number of Topliss-reactive ketones (excluding diaryl/α,β-unsaturated/α-hetero) is 2. The molecule has 254 valence electrons. The molecule has 6 heteroatoms. The normalized spacial score (nSPS) is 26.2. The smallest absolute Gasteiger partial charge is 0.179 e. The molecule has 0 spiro atoms. The molecule has 2 fully saturated rings. The summed E-state index contributed by atoms with van der Waals surface area (Å²) in [7, 11) is 3.53. The van der Waals surface area contributed by atoms with Crippen molar-refractivity contribution in [2.24, 2.45) is 11.8 Å². The zero-order valence-corrected chi connectivity index (χ0v) is 29.5. The highest BCUT2D eigenvalue weighted by molar-refractivity contribution is 5.98. The molecule has 6 nitrogen and oxygen atoms in total. The molecule has 0 amide bonds. The quantitative estimate of drug-likeness (QED) is 0.134. The summed E-state index contributed by atoms with van der Waals surface area (Å²) in [5.74, 6) is 2.21. The van der Waals surface area contributed by atoms with Gasteiger partial charge in [0.2, 0.25) is 0 Å². The Labute approximate surface area is 275 Å². The van der Waals surface area contributed by atoms with Crippen molar-refractivity contribution >= 4 is 11.6 Å². The predicted molar refractivity (Wildman–Crippen MR) is 184 cm³/mol. The van der Waals surface area contributed by atoms with Gasteiger partial charge in [0, 0.05) is 40.2 Å². The molecule has 5 aliphatic rings. The van der Waals surface area contributed by atoms with Gasteiger partial charge in [-0.25, -0.2) is 0 Å². The van der Waals surface area contributed by atoms with E-state index < -0.39 is 0 Å². The van der Waals surface area contributed by atoms with Crippen LogP contribution in [0.4, 0.5) is 0 Å². The lowest BCUT2D eigenvalue weighted by Gasteiger charge is -2.30. The summed E-state index contributed by atoms with van der Waals surface area (Å²) in [5.41, 5.74) is 6.56. The van der Waals surface area contributed by atoms with Crippen molar-refractivity contribution in [3.05, 3.63) is 34.2 Å². The summed E-state index contributed by atoms with van der Waals surface area (Å²) in [5, 5.41) is 0. The number of ketones is 2. The first-order valence-corrected chi connectivity index (χ1v) is 18.5. The average molecular weight is 625 g/mol. The minimum atomic E-state index is 0.375. The maximum Gasteiger partial charge on any atom is 0.179 e. The van der Waals surface area contributed by atoms with Crippen LogP contribution < -0.4 is 0 Å². The number of allylic oxidation sites excluding steroid dienone is 6. The minimum Gasteiger partial charge on any atom is -0.383 e. The molecule has 0 bridgehead atoms. The van der Waals surface area contributed by atoms with Gasteiger partial charge >= 0.3 is 0 Å². The second kappa shape index (κ2) is 18.4. The highest BCUT2D eigenvalue weighted by Crippen LogP contribution is 2.39. The van der Waals surface area contributed by atoms with E-state index in [1.807, 2.05) is 0 Å². The number of unbranched alkanes of at least 4 members (excludes halogenated alkanes) is 4. The second-order valence-electron chi connectivity index (χ2n) is 14.6. The van der Waals surface area contributed by atoms with Crippen molar-refractivity contribution in [3.8, 4) is 0 Å². The molecular formula is C39H64N2O4. The Bertz CT molecular complexity index is 1070. The molecule has 2 saturated heterocycles. The Kier molecular flexibility index (Phi) is 14.7. The molecule has 0 saturated carbocycles. The third kappa shape index (κ3) is 9.79. The van der Waals surface area contributed by atoms with Crippen LogP contribution in [0.15, 0.2) is 34.2 Å². The standard InChI is InChI=1S/C21H33NO2.C18H31NO2/c1-15-6-8-17(9-7-15)16(2)13-18-10-11-20(23)21(18)22-12-4-5-19(22)14-24-3;1-3-4-5-6-7-9-15-11-12-17(20)18(15)19-13-8-10-16(19)14-21-2/h6,16-17,19H,4-5,7-14H2,1-3H3;16H,3-14H2,1-2H3. The van der Waals surface area contributed by atoms with E-state index >= 15 is 0 Å². The first kappa shape index (κ1) is 35.9. The summed E-state index contributed by atoms with van der Waals surface area (Å²) in [6.45, 7) is 10.4. The van der Waals surface area contributed by atoms with E-state index in [1.54, 1.807) is 19.8 Å². The van der Waals surface area contributed by atoms with Crippen molar-refractivity contribution in [1.82, 2.24) is 9.80 Å². The minimum absolute atomic E-state index is 0.375. The zero-order chi connectivity index (χ0) is 32.2. The molecule has 5 rings (SSSR count). The zero-order valence-electron chi connectivity index (χ0n) is 29.5. The summed E-state index contributed by atoms with van der Waals surface area (Å²) in [6, 6.07) is 0.819. The molecule has 2 heterocycles. The van der Waals surface area contributed by atoms with Gasteiger partial charge in [-0.15, -0.1) is 0 Å². The summed E-state index contributed by atoms with van der Waals surface area (Å²) >= 11 is 0. The lowest BCUT2D eigenvalue weighted by atomic mass is 9.79. The van der Waals surface area contributed by atoms with Crippen LogP contribution in [-0.4, -0.2) is 74.0 Å². The van der Waals surface area contributed by atoms with Gasteiger partial charge in [-0.2, -0.15) is 0 Å². The van der Waals surface area contributed by atoms with E-state index in [4.69, 9.17) is 9.47 Å². The predicted octanol–water partition coefficient (Wildman–Crippen LogP) is 8.56. The fourth-order valence-electron chi connectivity index (χ4n) is 8.56. The van der Waals surface area contributed by atoms with Gasteiger partial charge in [0.1, 0.15) is 0 Å². The van der Waals surface area contributed by atoms with E-state index in [9.17, 15) is 9.59 Å². The van der Waals surface area contributed by atoms with Gasteiger partial charge in [-0.1, -0.05) is 51.2 Å². The number of ether oxygens (including phenoxy) is 2. The maximum absolute atomic E-state index is 12.6. The third-order valence-electron chi connectivity index (χ3n) is 11.2. The van der Waals surface area contributed by atoms with Crippen molar-refractivity contribution < 1.29 is 19.1 Å².